The molecule has 2 N–H and O–H groups in total. The number of hydrogen-bond acceptors (Lipinski definition) is 6. The molecule has 0 radical (unpaired) electrons. The van der Waals surface area contributed by atoms with Crippen LogP contribution < -0.4 is 20.1 Å². The minimum absolute atomic E-state index is 0.0231. The second-order valence-electron chi connectivity index (χ2n) is 11.2. The molecule has 0 aliphatic heterocycles. The van der Waals surface area contributed by atoms with Crippen molar-refractivity contribution in [3.8, 4) is 28.4 Å². The monoisotopic (exact) mass is 662 g/mol. The zero-order valence-electron chi connectivity index (χ0n) is 26.7. The lowest BCUT2D eigenvalue weighted by Gasteiger charge is -2.19. The van der Waals surface area contributed by atoms with Crippen LogP contribution in [0.5, 0.6) is 17.2 Å². The summed E-state index contributed by atoms with van der Waals surface area (Å²) < 4.78 is 16.8. The lowest BCUT2D eigenvalue weighted by molar-refractivity contribution is -0.142. The van der Waals surface area contributed by atoms with Crippen LogP contribution in [0.15, 0.2) is 121 Å². The molecule has 8 nitrogen and oxygen atoms in total. The molecular formula is C39H35ClN2O6. The quantitative estimate of drug-likeness (QED) is 0.130. The molecule has 0 saturated carbocycles. The predicted octanol–water partition coefficient (Wildman–Crippen LogP) is 8.35. The highest BCUT2D eigenvalue weighted by Gasteiger charge is 2.25. The van der Waals surface area contributed by atoms with E-state index in [0.29, 0.717) is 17.1 Å². The van der Waals surface area contributed by atoms with E-state index in [1.165, 1.54) is 19.2 Å². The van der Waals surface area contributed by atoms with E-state index in [1.54, 1.807) is 30.3 Å². The van der Waals surface area contributed by atoms with E-state index < -0.39 is 23.8 Å². The Balaban J connectivity index is 1.29. The Morgan fingerprint density at radius 1 is 0.750 bits per heavy atom. The average Bonchev–Trinajstić information content (AvgIpc) is 3.09. The summed E-state index contributed by atoms with van der Waals surface area (Å²) in [5, 5.41) is 5.83. The molecule has 0 aromatic heterocycles. The number of ether oxygens (including phenoxy) is 3. The average molecular weight is 663 g/mol. The number of esters is 1. The third-order valence-corrected chi connectivity index (χ3v) is 7.55. The number of anilines is 1. The number of carbonyl (C=O) groups is 3. The van der Waals surface area contributed by atoms with E-state index in [2.05, 4.69) is 10.6 Å². The fourth-order valence-corrected chi connectivity index (χ4v) is 5.17. The first-order valence-corrected chi connectivity index (χ1v) is 15.8. The Morgan fingerprint density at radius 3 is 2.10 bits per heavy atom. The summed E-state index contributed by atoms with van der Waals surface area (Å²) >= 11 is 6.25. The SMILES string of the molecule is COC(=O)C(Cc1ccc(-c2ccccc2OC(C)C)cc1)NC(=O)c1cc(Cl)ccc1NC(=O)c1ccc(Oc2ccccc2)cc1. The molecule has 0 saturated heterocycles. The van der Waals surface area contributed by atoms with E-state index in [4.69, 9.17) is 25.8 Å². The first kappa shape index (κ1) is 33.8. The highest BCUT2D eigenvalue weighted by molar-refractivity contribution is 6.31. The number of amides is 2. The molecule has 0 spiro atoms. The van der Waals surface area contributed by atoms with Crippen molar-refractivity contribution in [1.29, 1.82) is 0 Å². The van der Waals surface area contributed by atoms with Gasteiger partial charge < -0.3 is 24.8 Å². The number of benzene rings is 5. The second kappa shape index (κ2) is 15.8. The van der Waals surface area contributed by atoms with Gasteiger partial charge in [-0.2, -0.15) is 0 Å². The number of methoxy groups -OCH3 is 1. The Labute approximate surface area is 284 Å². The summed E-state index contributed by atoms with van der Waals surface area (Å²) in [4.78, 5) is 39.6. The molecule has 5 rings (SSSR count). The van der Waals surface area contributed by atoms with Crippen molar-refractivity contribution < 1.29 is 28.6 Å². The summed E-state index contributed by atoms with van der Waals surface area (Å²) in [5.41, 5.74) is 3.36. The van der Waals surface area contributed by atoms with E-state index in [-0.39, 0.29) is 28.8 Å². The molecule has 0 heterocycles. The lowest BCUT2D eigenvalue weighted by atomic mass is 9.99. The third kappa shape index (κ3) is 8.80. The molecular weight excluding hydrogens is 628 g/mol. The number of halogens is 1. The Kier molecular flexibility index (Phi) is 11.1. The van der Waals surface area contributed by atoms with Crippen LogP contribution in [0.1, 0.15) is 40.1 Å². The van der Waals surface area contributed by atoms with Crippen molar-refractivity contribution >= 4 is 35.1 Å². The summed E-state index contributed by atoms with van der Waals surface area (Å²) in [6.45, 7) is 3.95. The maximum Gasteiger partial charge on any atom is 0.328 e. The number of para-hydroxylation sites is 2. The van der Waals surface area contributed by atoms with Crippen molar-refractivity contribution in [3.05, 3.63) is 143 Å². The van der Waals surface area contributed by atoms with E-state index >= 15 is 0 Å². The Morgan fingerprint density at radius 2 is 1.42 bits per heavy atom. The van der Waals surface area contributed by atoms with E-state index in [9.17, 15) is 14.4 Å². The lowest BCUT2D eigenvalue weighted by Crippen LogP contribution is -2.43. The van der Waals surface area contributed by atoms with Crippen LogP contribution in [0.2, 0.25) is 5.02 Å². The molecule has 1 atom stereocenters. The van der Waals surface area contributed by atoms with E-state index in [1.807, 2.05) is 92.7 Å². The zero-order chi connectivity index (χ0) is 34.0. The fourth-order valence-electron chi connectivity index (χ4n) is 5.00. The van der Waals surface area contributed by atoms with Crippen LogP contribution in [0.4, 0.5) is 5.69 Å². The fraction of sp³-hybridized carbons (Fsp3) is 0.154. The van der Waals surface area contributed by atoms with Crippen LogP contribution in [0, 0.1) is 0 Å². The van der Waals surface area contributed by atoms with Gasteiger partial charge in [0.1, 0.15) is 23.3 Å². The van der Waals surface area contributed by atoms with Gasteiger partial charge in [-0.05, 0) is 85.6 Å². The van der Waals surface area contributed by atoms with Gasteiger partial charge in [-0.25, -0.2) is 4.79 Å². The largest absolute Gasteiger partial charge is 0.490 e. The van der Waals surface area contributed by atoms with Gasteiger partial charge in [0.2, 0.25) is 0 Å². The molecule has 0 aliphatic rings. The standard InChI is InChI=1S/C39H35ClN2O6/c1-25(2)47-36-12-8-7-11-32(36)27-15-13-26(14-16-27)23-35(39(45)46-3)42-38(44)33-24-29(40)19-22-34(33)41-37(43)28-17-20-31(21-18-28)48-30-9-5-4-6-10-30/h4-22,24-25,35H,23H2,1-3H3,(H,41,43)(H,42,44). The molecule has 2 amide bonds. The van der Waals surface area contributed by atoms with Crippen LogP contribution in [-0.4, -0.2) is 37.0 Å². The van der Waals surface area contributed by atoms with Crippen LogP contribution in [0.3, 0.4) is 0 Å². The molecule has 48 heavy (non-hydrogen) atoms. The highest BCUT2D eigenvalue weighted by atomic mass is 35.5. The number of rotatable bonds is 12. The topological polar surface area (TPSA) is 103 Å². The van der Waals surface area contributed by atoms with E-state index in [0.717, 1.165) is 22.4 Å². The van der Waals surface area contributed by atoms with Gasteiger partial charge in [0.25, 0.3) is 11.8 Å². The smallest absolute Gasteiger partial charge is 0.328 e. The van der Waals surface area contributed by atoms with Gasteiger partial charge >= 0.3 is 5.97 Å². The molecule has 244 valence electrons. The number of hydrogen-bond donors (Lipinski definition) is 2. The Bertz CT molecular complexity index is 1880. The maximum absolute atomic E-state index is 13.6. The molecule has 5 aromatic carbocycles. The summed E-state index contributed by atoms with van der Waals surface area (Å²) in [5.74, 6) is 0.352. The summed E-state index contributed by atoms with van der Waals surface area (Å²) in [6, 6.07) is 34.9. The highest BCUT2D eigenvalue weighted by Crippen LogP contribution is 2.31. The van der Waals surface area contributed by atoms with Gasteiger partial charge in [0.05, 0.1) is 24.5 Å². The predicted molar refractivity (Wildman–Crippen MR) is 187 cm³/mol. The first-order valence-electron chi connectivity index (χ1n) is 15.4. The van der Waals surface area contributed by atoms with Crippen molar-refractivity contribution in [3.63, 3.8) is 0 Å². The second-order valence-corrected chi connectivity index (χ2v) is 11.6. The maximum atomic E-state index is 13.6. The van der Waals surface area contributed by atoms with Gasteiger partial charge in [-0.15, -0.1) is 0 Å². The summed E-state index contributed by atoms with van der Waals surface area (Å²) in [7, 11) is 1.26. The van der Waals surface area contributed by atoms with Crippen molar-refractivity contribution in [2.75, 3.05) is 12.4 Å². The van der Waals surface area contributed by atoms with Gasteiger partial charge in [0.15, 0.2) is 0 Å². The zero-order valence-corrected chi connectivity index (χ0v) is 27.5. The summed E-state index contributed by atoms with van der Waals surface area (Å²) in [6.07, 6.45) is 0.192. The Hall–Kier alpha value is -5.60. The minimum atomic E-state index is -1.01. The third-order valence-electron chi connectivity index (χ3n) is 7.32. The normalized spacial score (nSPS) is 11.4. The van der Waals surface area contributed by atoms with Crippen molar-refractivity contribution in [2.45, 2.75) is 32.4 Å². The molecule has 0 fully saturated rings. The number of carbonyl (C=O) groups excluding carboxylic acids is 3. The molecule has 0 bridgehead atoms. The molecule has 0 aliphatic carbocycles. The minimum Gasteiger partial charge on any atom is -0.490 e. The van der Waals surface area contributed by atoms with Gasteiger partial charge in [0, 0.05) is 22.6 Å². The molecule has 1 unspecified atom stereocenters. The first-order chi connectivity index (χ1) is 23.2. The van der Waals surface area contributed by atoms with Crippen molar-refractivity contribution in [2.24, 2.45) is 0 Å². The van der Waals surface area contributed by atoms with Crippen molar-refractivity contribution in [1.82, 2.24) is 5.32 Å². The van der Waals surface area contributed by atoms with Gasteiger partial charge in [-0.3, -0.25) is 9.59 Å². The molecule has 9 heteroatoms. The van der Waals surface area contributed by atoms with Crippen LogP contribution in [-0.2, 0) is 16.0 Å². The van der Waals surface area contributed by atoms with Crippen LogP contribution in [0.25, 0.3) is 11.1 Å². The number of nitrogens with one attached hydrogen (secondary N) is 2. The van der Waals surface area contributed by atoms with Gasteiger partial charge in [-0.1, -0.05) is 72.3 Å². The molecule has 5 aromatic rings. The van der Waals surface area contributed by atoms with Crippen LogP contribution >= 0.6 is 11.6 Å².